The van der Waals surface area contributed by atoms with E-state index in [9.17, 15) is 4.79 Å². The molecule has 0 atom stereocenters. The monoisotopic (exact) mass is 283 g/mol. The molecule has 2 aromatic rings. The van der Waals surface area contributed by atoms with Gasteiger partial charge in [-0.05, 0) is 36.8 Å². The zero-order chi connectivity index (χ0) is 15.5. The van der Waals surface area contributed by atoms with Crippen molar-refractivity contribution in [3.63, 3.8) is 0 Å². The average Bonchev–Trinajstić information content (AvgIpc) is 2.40. The van der Waals surface area contributed by atoms with E-state index in [4.69, 9.17) is 0 Å². The fourth-order valence-electron chi connectivity index (χ4n) is 1.73. The van der Waals surface area contributed by atoms with Gasteiger partial charge in [-0.25, -0.2) is 4.98 Å². The summed E-state index contributed by atoms with van der Waals surface area (Å²) in [5, 5.41) is 6.08. The van der Waals surface area contributed by atoms with E-state index in [0.717, 1.165) is 11.5 Å². The van der Waals surface area contributed by atoms with Crippen molar-refractivity contribution >= 4 is 23.1 Å². The van der Waals surface area contributed by atoms with Crippen LogP contribution in [0.5, 0.6) is 0 Å². The molecule has 0 radical (unpaired) electrons. The van der Waals surface area contributed by atoms with Crippen molar-refractivity contribution in [2.75, 3.05) is 10.6 Å². The Morgan fingerprint density at radius 3 is 2.43 bits per heavy atom. The van der Waals surface area contributed by atoms with Gasteiger partial charge in [-0.1, -0.05) is 32.9 Å². The third-order valence-corrected chi connectivity index (χ3v) is 2.99. The van der Waals surface area contributed by atoms with Gasteiger partial charge in [0.1, 0.15) is 5.82 Å². The van der Waals surface area contributed by atoms with Crippen molar-refractivity contribution < 1.29 is 4.79 Å². The molecule has 0 unspecified atom stereocenters. The normalized spacial score (nSPS) is 11.0. The number of rotatable bonds is 3. The van der Waals surface area contributed by atoms with Crippen molar-refractivity contribution in [2.24, 2.45) is 5.41 Å². The van der Waals surface area contributed by atoms with E-state index in [0.29, 0.717) is 5.69 Å². The van der Waals surface area contributed by atoms with Crippen molar-refractivity contribution in [1.29, 1.82) is 0 Å². The summed E-state index contributed by atoms with van der Waals surface area (Å²) >= 11 is 0. The molecule has 0 aliphatic carbocycles. The fourth-order valence-corrected chi connectivity index (χ4v) is 1.73. The molecular weight excluding hydrogens is 262 g/mol. The standard InChI is InChI=1S/C17H21N3O/c1-12-6-5-7-13(10-12)19-15-9-8-14(11-18-15)20-16(21)17(2,3)4/h5-11H,1-4H3,(H,18,19)(H,20,21). The summed E-state index contributed by atoms with van der Waals surface area (Å²) in [5.41, 5.74) is 2.46. The maximum absolute atomic E-state index is 11.9. The predicted octanol–water partition coefficient (Wildman–Crippen LogP) is 4.12. The van der Waals surface area contributed by atoms with Gasteiger partial charge in [0.15, 0.2) is 0 Å². The second-order valence-corrected chi connectivity index (χ2v) is 6.13. The van der Waals surface area contributed by atoms with Crippen molar-refractivity contribution in [1.82, 2.24) is 4.98 Å². The lowest BCUT2D eigenvalue weighted by Crippen LogP contribution is -2.27. The van der Waals surface area contributed by atoms with Crippen LogP contribution in [0.2, 0.25) is 0 Å². The summed E-state index contributed by atoms with van der Waals surface area (Å²) in [6, 6.07) is 11.8. The molecule has 0 bridgehead atoms. The summed E-state index contributed by atoms with van der Waals surface area (Å²) in [6.45, 7) is 7.68. The van der Waals surface area contributed by atoms with Crippen LogP contribution in [-0.4, -0.2) is 10.9 Å². The Kier molecular flexibility index (Phi) is 4.26. The van der Waals surface area contributed by atoms with E-state index in [1.165, 1.54) is 5.56 Å². The molecule has 4 nitrogen and oxygen atoms in total. The minimum Gasteiger partial charge on any atom is -0.340 e. The number of aryl methyl sites for hydroxylation is 1. The number of nitrogens with zero attached hydrogens (tertiary/aromatic N) is 1. The number of carbonyl (C=O) groups is 1. The molecule has 0 saturated heterocycles. The van der Waals surface area contributed by atoms with Gasteiger partial charge >= 0.3 is 0 Å². The first-order valence-corrected chi connectivity index (χ1v) is 6.96. The Morgan fingerprint density at radius 1 is 1.10 bits per heavy atom. The first-order chi connectivity index (χ1) is 9.84. The number of hydrogen-bond donors (Lipinski definition) is 2. The molecule has 1 aromatic carbocycles. The van der Waals surface area contributed by atoms with E-state index < -0.39 is 5.41 Å². The van der Waals surface area contributed by atoms with Gasteiger partial charge in [0.25, 0.3) is 0 Å². The summed E-state index contributed by atoms with van der Waals surface area (Å²) in [5.74, 6) is 0.720. The molecule has 2 rings (SSSR count). The summed E-state index contributed by atoms with van der Waals surface area (Å²) < 4.78 is 0. The molecule has 4 heteroatoms. The topological polar surface area (TPSA) is 54.0 Å². The summed E-state index contributed by atoms with van der Waals surface area (Å²) in [4.78, 5) is 16.2. The highest BCUT2D eigenvalue weighted by Crippen LogP contribution is 2.19. The van der Waals surface area contributed by atoms with Gasteiger partial charge in [0, 0.05) is 11.1 Å². The van der Waals surface area contributed by atoms with Crippen LogP contribution in [0.15, 0.2) is 42.6 Å². The molecule has 110 valence electrons. The number of hydrogen-bond acceptors (Lipinski definition) is 3. The first kappa shape index (κ1) is 15.0. The second-order valence-electron chi connectivity index (χ2n) is 6.13. The Bertz CT molecular complexity index is 627. The smallest absolute Gasteiger partial charge is 0.229 e. The maximum atomic E-state index is 11.9. The predicted molar refractivity (Wildman–Crippen MR) is 86.8 cm³/mol. The van der Waals surface area contributed by atoms with Crippen LogP contribution in [0.4, 0.5) is 17.2 Å². The molecule has 0 fully saturated rings. The van der Waals surface area contributed by atoms with E-state index in [1.54, 1.807) is 6.20 Å². The largest absolute Gasteiger partial charge is 0.340 e. The van der Waals surface area contributed by atoms with Crippen LogP contribution in [-0.2, 0) is 4.79 Å². The molecule has 1 heterocycles. The van der Waals surface area contributed by atoms with Gasteiger partial charge in [0.05, 0.1) is 11.9 Å². The number of anilines is 3. The second kappa shape index (κ2) is 5.95. The Hall–Kier alpha value is -2.36. The molecule has 0 spiro atoms. The molecule has 0 saturated carbocycles. The molecular formula is C17H21N3O. The number of benzene rings is 1. The Labute approximate surface area is 125 Å². The van der Waals surface area contributed by atoms with Crippen LogP contribution in [0.3, 0.4) is 0 Å². The average molecular weight is 283 g/mol. The van der Waals surface area contributed by atoms with E-state index in [1.807, 2.05) is 58.0 Å². The number of amides is 1. The molecule has 1 amide bonds. The molecule has 1 aromatic heterocycles. The van der Waals surface area contributed by atoms with Crippen LogP contribution >= 0.6 is 0 Å². The number of carbonyl (C=O) groups excluding carboxylic acids is 1. The van der Waals surface area contributed by atoms with Gasteiger partial charge < -0.3 is 10.6 Å². The van der Waals surface area contributed by atoms with Gasteiger partial charge in [0.2, 0.25) is 5.91 Å². The quantitative estimate of drug-likeness (QED) is 0.891. The molecule has 21 heavy (non-hydrogen) atoms. The highest BCUT2D eigenvalue weighted by atomic mass is 16.2. The maximum Gasteiger partial charge on any atom is 0.229 e. The lowest BCUT2D eigenvalue weighted by molar-refractivity contribution is -0.123. The number of nitrogens with one attached hydrogen (secondary N) is 2. The number of pyridine rings is 1. The van der Waals surface area contributed by atoms with Gasteiger partial charge in [-0.15, -0.1) is 0 Å². The zero-order valence-corrected chi connectivity index (χ0v) is 12.9. The molecule has 2 N–H and O–H groups in total. The van der Waals surface area contributed by atoms with Crippen LogP contribution in [0.25, 0.3) is 0 Å². The minimum atomic E-state index is -0.418. The highest BCUT2D eigenvalue weighted by Gasteiger charge is 2.21. The van der Waals surface area contributed by atoms with Crippen LogP contribution in [0, 0.1) is 12.3 Å². The summed E-state index contributed by atoms with van der Waals surface area (Å²) in [6.07, 6.45) is 1.65. The lowest BCUT2D eigenvalue weighted by atomic mass is 9.96. The third kappa shape index (κ3) is 4.31. The zero-order valence-electron chi connectivity index (χ0n) is 12.9. The Balaban J connectivity index is 2.04. The number of aromatic nitrogens is 1. The first-order valence-electron chi connectivity index (χ1n) is 6.96. The summed E-state index contributed by atoms with van der Waals surface area (Å²) in [7, 11) is 0. The van der Waals surface area contributed by atoms with Gasteiger partial charge in [-0.2, -0.15) is 0 Å². The minimum absolute atomic E-state index is 0.0244. The highest BCUT2D eigenvalue weighted by molar-refractivity contribution is 5.94. The van der Waals surface area contributed by atoms with Crippen molar-refractivity contribution in [3.8, 4) is 0 Å². The third-order valence-electron chi connectivity index (χ3n) is 2.99. The fraction of sp³-hybridized carbons (Fsp3) is 0.294. The van der Waals surface area contributed by atoms with Gasteiger partial charge in [-0.3, -0.25) is 4.79 Å². The SMILES string of the molecule is Cc1cccc(Nc2ccc(NC(=O)C(C)(C)C)cn2)c1. The van der Waals surface area contributed by atoms with Crippen molar-refractivity contribution in [2.45, 2.75) is 27.7 Å². The van der Waals surface area contributed by atoms with E-state index in [-0.39, 0.29) is 5.91 Å². The van der Waals surface area contributed by atoms with E-state index in [2.05, 4.69) is 21.7 Å². The van der Waals surface area contributed by atoms with Crippen LogP contribution in [0.1, 0.15) is 26.3 Å². The molecule has 0 aliphatic heterocycles. The lowest BCUT2D eigenvalue weighted by Gasteiger charge is -2.17. The van der Waals surface area contributed by atoms with E-state index >= 15 is 0 Å². The van der Waals surface area contributed by atoms with Crippen molar-refractivity contribution in [3.05, 3.63) is 48.2 Å². The van der Waals surface area contributed by atoms with Crippen LogP contribution < -0.4 is 10.6 Å². The Morgan fingerprint density at radius 2 is 1.86 bits per heavy atom. The molecule has 0 aliphatic rings.